The average Bonchev–Trinajstić information content (AvgIpc) is 2.39. The van der Waals surface area contributed by atoms with E-state index in [2.05, 4.69) is 20.9 Å². The second kappa shape index (κ2) is 2.67. The molecule has 1 aromatic carbocycles. The molecule has 1 heterocycles. The summed E-state index contributed by atoms with van der Waals surface area (Å²) in [5.74, 6) is -0.286. The second-order valence-corrected chi connectivity index (χ2v) is 4.09. The first-order valence-electron chi connectivity index (χ1n) is 3.18. The smallest absolute Gasteiger partial charge is 0.181 e. The summed E-state index contributed by atoms with van der Waals surface area (Å²) in [7, 11) is 0. The molecule has 0 atom stereocenters. The first-order chi connectivity index (χ1) is 5.68. The van der Waals surface area contributed by atoms with Gasteiger partial charge in [0, 0.05) is 0 Å². The van der Waals surface area contributed by atoms with Crippen LogP contribution in [0.1, 0.15) is 0 Å². The lowest BCUT2D eigenvalue weighted by atomic mass is 10.3. The summed E-state index contributed by atoms with van der Waals surface area (Å²) < 4.78 is 14.1. The molecule has 2 nitrogen and oxygen atoms in total. The molecule has 2 N–H and O–H groups in total. The molecule has 12 heavy (non-hydrogen) atoms. The van der Waals surface area contributed by atoms with Gasteiger partial charge in [-0.05, 0) is 28.1 Å². The number of halogens is 2. The molecule has 0 fully saturated rings. The molecule has 0 unspecified atom stereocenters. The van der Waals surface area contributed by atoms with Gasteiger partial charge in [0.1, 0.15) is 5.82 Å². The van der Waals surface area contributed by atoms with Gasteiger partial charge in [-0.25, -0.2) is 9.37 Å². The van der Waals surface area contributed by atoms with Crippen LogP contribution in [0, 0.1) is 5.82 Å². The Morgan fingerprint density at radius 2 is 2.25 bits per heavy atom. The Bertz CT molecular complexity index is 440. The molecular weight excluding hydrogens is 243 g/mol. The third kappa shape index (κ3) is 1.09. The first-order valence-corrected chi connectivity index (χ1v) is 4.79. The summed E-state index contributed by atoms with van der Waals surface area (Å²) in [6.45, 7) is 0. The van der Waals surface area contributed by atoms with Crippen LogP contribution in [0.4, 0.5) is 9.52 Å². The fraction of sp³-hybridized carbons (Fsp3) is 0. The lowest BCUT2D eigenvalue weighted by molar-refractivity contribution is 0.623. The molecule has 0 bridgehead atoms. The number of nitrogens with zero attached hydrogens (tertiary/aromatic N) is 1. The maximum atomic E-state index is 12.9. The van der Waals surface area contributed by atoms with E-state index >= 15 is 0 Å². The van der Waals surface area contributed by atoms with Crippen molar-refractivity contribution in [2.75, 3.05) is 5.73 Å². The van der Waals surface area contributed by atoms with Gasteiger partial charge < -0.3 is 5.73 Å². The maximum absolute atomic E-state index is 12.9. The fourth-order valence-corrected chi connectivity index (χ4v) is 2.29. The number of thiazole rings is 1. The minimum absolute atomic E-state index is 0.286. The average molecular weight is 247 g/mol. The zero-order valence-corrected chi connectivity index (χ0v) is 8.25. The molecule has 0 radical (unpaired) electrons. The van der Waals surface area contributed by atoms with Crippen LogP contribution in [-0.4, -0.2) is 4.98 Å². The molecular formula is C7H4BrFN2S. The van der Waals surface area contributed by atoms with Crippen molar-refractivity contribution in [1.82, 2.24) is 4.98 Å². The van der Waals surface area contributed by atoms with Gasteiger partial charge in [-0.1, -0.05) is 11.3 Å². The highest BCUT2D eigenvalue weighted by atomic mass is 79.9. The van der Waals surface area contributed by atoms with Gasteiger partial charge in [0.25, 0.3) is 0 Å². The van der Waals surface area contributed by atoms with E-state index in [-0.39, 0.29) is 5.82 Å². The Labute approximate surface area is 80.3 Å². The molecule has 0 saturated heterocycles. The summed E-state index contributed by atoms with van der Waals surface area (Å²) in [5, 5.41) is 0.455. The van der Waals surface area contributed by atoms with Crippen LogP contribution in [0.15, 0.2) is 16.6 Å². The van der Waals surface area contributed by atoms with E-state index in [1.807, 2.05) is 0 Å². The summed E-state index contributed by atoms with van der Waals surface area (Å²) in [6.07, 6.45) is 0. The van der Waals surface area contributed by atoms with E-state index in [0.717, 1.165) is 10.2 Å². The molecule has 1 aromatic heterocycles. The monoisotopic (exact) mass is 246 g/mol. The molecule has 2 rings (SSSR count). The number of hydrogen-bond acceptors (Lipinski definition) is 3. The van der Waals surface area contributed by atoms with Gasteiger partial charge in [-0.2, -0.15) is 0 Å². The Hall–Kier alpha value is -0.680. The number of hydrogen-bond donors (Lipinski definition) is 1. The van der Waals surface area contributed by atoms with Crippen LogP contribution in [0.3, 0.4) is 0 Å². The standard InChI is InChI=1S/C7H4BrFN2S/c8-5-3(9)1-2-4-6(5)12-7(10)11-4/h1-2H,(H2,10,11). The van der Waals surface area contributed by atoms with Crippen molar-refractivity contribution >= 4 is 42.6 Å². The molecule has 0 amide bonds. The van der Waals surface area contributed by atoms with Crippen LogP contribution in [0.25, 0.3) is 10.2 Å². The van der Waals surface area contributed by atoms with Crippen LogP contribution in [0.2, 0.25) is 0 Å². The van der Waals surface area contributed by atoms with Crippen molar-refractivity contribution in [3.8, 4) is 0 Å². The minimum atomic E-state index is -0.286. The zero-order chi connectivity index (χ0) is 8.72. The number of nitrogen functional groups attached to an aromatic ring is 1. The minimum Gasteiger partial charge on any atom is -0.375 e. The topological polar surface area (TPSA) is 38.9 Å². The number of aromatic nitrogens is 1. The predicted octanol–water partition coefficient (Wildman–Crippen LogP) is 2.78. The number of anilines is 1. The Morgan fingerprint density at radius 1 is 1.50 bits per heavy atom. The summed E-state index contributed by atoms with van der Waals surface area (Å²) in [4.78, 5) is 4.01. The zero-order valence-electron chi connectivity index (χ0n) is 5.84. The highest BCUT2D eigenvalue weighted by Crippen LogP contribution is 2.32. The normalized spacial score (nSPS) is 10.8. The third-order valence-electron chi connectivity index (χ3n) is 1.47. The van der Waals surface area contributed by atoms with Crippen molar-refractivity contribution in [3.63, 3.8) is 0 Å². The first kappa shape index (κ1) is 7.94. The highest BCUT2D eigenvalue weighted by molar-refractivity contribution is 9.10. The molecule has 0 spiro atoms. The summed E-state index contributed by atoms with van der Waals surface area (Å²) in [5.41, 5.74) is 6.20. The maximum Gasteiger partial charge on any atom is 0.181 e. The van der Waals surface area contributed by atoms with Gasteiger partial charge >= 0.3 is 0 Å². The van der Waals surface area contributed by atoms with Gasteiger partial charge in [-0.3, -0.25) is 0 Å². The van der Waals surface area contributed by atoms with E-state index in [4.69, 9.17) is 5.73 Å². The van der Waals surface area contributed by atoms with Gasteiger partial charge in [0.05, 0.1) is 14.7 Å². The van der Waals surface area contributed by atoms with Crippen molar-refractivity contribution in [1.29, 1.82) is 0 Å². The predicted molar refractivity (Wildman–Crippen MR) is 51.7 cm³/mol. The number of rotatable bonds is 0. The lowest BCUT2D eigenvalue weighted by Crippen LogP contribution is -1.79. The SMILES string of the molecule is Nc1nc2ccc(F)c(Br)c2s1. The Morgan fingerprint density at radius 3 is 3.00 bits per heavy atom. The van der Waals surface area contributed by atoms with E-state index in [9.17, 15) is 4.39 Å². The van der Waals surface area contributed by atoms with Crippen LogP contribution >= 0.6 is 27.3 Å². The second-order valence-electron chi connectivity index (χ2n) is 2.26. The molecule has 2 aromatic rings. The Balaban J connectivity index is 2.89. The van der Waals surface area contributed by atoms with Gasteiger partial charge in [0.2, 0.25) is 0 Å². The van der Waals surface area contributed by atoms with E-state index in [1.165, 1.54) is 17.4 Å². The highest BCUT2D eigenvalue weighted by Gasteiger charge is 2.08. The van der Waals surface area contributed by atoms with Crippen molar-refractivity contribution in [3.05, 3.63) is 22.4 Å². The number of fused-ring (bicyclic) bond motifs is 1. The van der Waals surface area contributed by atoms with Gasteiger partial charge in [-0.15, -0.1) is 0 Å². The van der Waals surface area contributed by atoms with Gasteiger partial charge in [0.15, 0.2) is 5.13 Å². The molecule has 62 valence electrons. The van der Waals surface area contributed by atoms with Crippen LogP contribution in [-0.2, 0) is 0 Å². The van der Waals surface area contributed by atoms with Crippen molar-refractivity contribution < 1.29 is 4.39 Å². The number of nitrogens with two attached hydrogens (primary N) is 1. The summed E-state index contributed by atoms with van der Waals surface area (Å²) >= 11 is 4.41. The van der Waals surface area contributed by atoms with E-state index in [1.54, 1.807) is 6.07 Å². The van der Waals surface area contributed by atoms with E-state index < -0.39 is 0 Å². The van der Waals surface area contributed by atoms with E-state index in [0.29, 0.717) is 9.60 Å². The summed E-state index contributed by atoms with van der Waals surface area (Å²) in [6, 6.07) is 2.98. The quantitative estimate of drug-likeness (QED) is 0.777. The molecule has 0 aliphatic carbocycles. The fourth-order valence-electron chi connectivity index (χ4n) is 0.953. The molecule has 0 aliphatic heterocycles. The lowest BCUT2D eigenvalue weighted by Gasteiger charge is -1.92. The van der Waals surface area contributed by atoms with Crippen molar-refractivity contribution in [2.24, 2.45) is 0 Å². The van der Waals surface area contributed by atoms with Crippen LogP contribution < -0.4 is 5.73 Å². The molecule has 5 heteroatoms. The largest absolute Gasteiger partial charge is 0.375 e. The van der Waals surface area contributed by atoms with Crippen LogP contribution in [0.5, 0.6) is 0 Å². The third-order valence-corrected chi connectivity index (χ3v) is 3.42. The molecule has 0 aliphatic rings. The Kier molecular flexibility index (Phi) is 1.77. The molecule has 0 saturated carbocycles. The van der Waals surface area contributed by atoms with Crippen molar-refractivity contribution in [2.45, 2.75) is 0 Å². The number of benzene rings is 1.